The first kappa shape index (κ1) is 21.9. The van der Waals surface area contributed by atoms with Crippen molar-refractivity contribution in [3.05, 3.63) is 57.6 Å². The number of rotatable bonds is 7. The van der Waals surface area contributed by atoms with Crippen LogP contribution in [0.4, 0.5) is 8.78 Å². The van der Waals surface area contributed by atoms with Crippen LogP contribution in [0, 0.1) is 18.6 Å². The fraction of sp³-hybridized carbons (Fsp3) is 0.391. The van der Waals surface area contributed by atoms with E-state index in [1.165, 1.54) is 6.07 Å². The molecule has 1 N–H and O–H groups in total. The monoisotopic (exact) mass is 416 g/mol. The molecule has 2 aromatic carbocycles. The second-order valence-corrected chi connectivity index (χ2v) is 7.72. The zero-order valence-corrected chi connectivity index (χ0v) is 17.8. The molecule has 1 unspecified atom stereocenters. The van der Waals surface area contributed by atoms with E-state index < -0.39 is 11.6 Å². The van der Waals surface area contributed by atoms with Gasteiger partial charge in [-0.1, -0.05) is 13.8 Å². The van der Waals surface area contributed by atoms with Gasteiger partial charge in [-0.2, -0.15) is 4.39 Å². The van der Waals surface area contributed by atoms with Crippen LogP contribution in [0.1, 0.15) is 44.5 Å². The number of fused-ring (bicyclic) bond motifs is 1. The third-order valence-corrected chi connectivity index (χ3v) is 5.11. The average Bonchev–Trinajstić information content (AvgIpc) is 2.69. The van der Waals surface area contributed by atoms with E-state index in [2.05, 4.69) is 9.97 Å². The molecular weight excluding hydrogens is 390 g/mol. The maximum Gasteiger partial charge on any atom is 0.258 e. The molecule has 0 aliphatic rings. The highest BCUT2D eigenvalue weighted by Gasteiger charge is 2.18. The van der Waals surface area contributed by atoms with Gasteiger partial charge in [-0.15, -0.1) is 0 Å². The van der Waals surface area contributed by atoms with Crippen LogP contribution in [0.2, 0.25) is 0 Å². The molecule has 7 heteroatoms. The third-order valence-electron chi connectivity index (χ3n) is 5.11. The van der Waals surface area contributed by atoms with Gasteiger partial charge in [-0.25, -0.2) is 9.37 Å². The van der Waals surface area contributed by atoms with Gasteiger partial charge in [0.25, 0.3) is 5.56 Å². The maximum absolute atomic E-state index is 14.4. The smallest absolute Gasteiger partial charge is 0.258 e. The summed E-state index contributed by atoms with van der Waals surface area (Å²) in [5.41, 5.74) is 2.25. The average molecular weight is 416 g/mol. The summed E-state index contributed by atoms with van der Waals surface area (Å²) in [6.45, 7) is 7.76. The maximum atomic E-state index is 14.4. The molecule has 1 heterocycles. The Labute approximate surface area is 174 Å². The lowest BCUT2D eigenvalue weighted by atomic mass is 9.91. The van der Waals surface area contributed by atoms with Crippen molar-refractivity contribution in [1.82, 2.24) is 9.97 Å². The fourth-order valence-corrected chi connectivity index (χ4v) is 3.32. The fourth-order valence-electron chi connectivity index (χ4n) is 3.32. The van der Waals surface area contributed by atoms with Crippen molar-refractivity contribution >= 4 is 10.9 Å². The highest BCUT2D eigenvalue weighted by Crippen LogP contribution is 2.35. The summed E-state index contributed by atoms with van der Waals surface area (Å²) in [5.74, 6) is -1.62. The van der Waals surface area contributed by atoms with E-state index in [1.807, 2.05) is 26.8 Å². The van der Waals surface area contributed by atoms with E-state index in [4.69, 9.17) is 9.47 Å². The van der Waals surface area contributed by atoms with E-state index in [0.717, 1.165) is 11.6 Å². The van der Waals surface area contributed by atoms with E-state index >= 15 is 0 Å². The minimum atomic E-state index is -1.04. The molecule has 0 aliphatic carbocycles. The molecule has 0 aliphatic heterocycles. The van der Waals surface area contributed by atoms with Crippen LogP contribution in [0.5, 0.6) is 5.75 Å². The SMILES string of the molecule is COC(C)CCOc1cc(-c2cc3c(=O)[nH]c(C)nc3cc2C(C)C)cc(F)c1F. The van der Waals surface area contributed by atoms with Gasteiger partial charge in [-0.05, 0) is 60.7 Å². The largest absolute Gasteiger partial charge is 0.490 e. The molecule has 5 nitrogen and oxygen atoms in total. The number of aromatic nitrogens is 2. The van der Waals surface area contributed by atoms with Crippen LogP contribution in [0.3, 0.4) is 0 Å². The zero-order chi connectivity index (χ0) is 22.0. The van der Waals surface area contributed by atoms with Gasteiger partial charge in [0.15, 0.2) is 11.6 Å². The first-order valence-corrected chi connectivity index (χ1v) is 9.90. The summed E-state index contributed by atoms with van der Waals surface area (Å²) in [6, 6.07) is 6.11. The topological polar surface area (TPSA) is 64.2 Å². The molecule has 0 saturated heterocycles. The molecule has 160 valence electrons. The lowest BCUT2D eigenvalue weighted by molar-refractivity contribution is 0.0947. The molecule has 0 saturated carbocycles. The quantitative estimate of drug-likeness (QED) is 0.582. The summed E-state index contributed by atoms with van der Waals surface area (Å²) in [4.78, 5) is 19.5. The molecule has 1 aromatic heterocycles. The molecule has 0 amide bonds. The first-order valence-electron chi connectivity index (χ1n) is 9.90. The molecule has 30 heavy (non-hydrogen) atoms. The Morgan fingerprint density at radius 1 is 1.13 bits per heavy atom. The number of benzene rings is 2. The number of H-pyrrole nitrogens is 1. The van der Waals surface area contributed by atoms with Crippen molar-refractivity contribution in [3.63, 3.8) is 0 Å². The molecule has 0 bridgehead atoms. The predicted molar refractivity (Wildman–Crippen MR) is 113 cm³/mol. The van der Waals surface area contributed by atoms with E-state index in [9.17, 15) is 13.6 Å². The Kier molecular flexibility index (Phi) is 6.51. The van der Waals surface area contributed by atoms with Gasteiger partial charge in [0.1, 0.15) is 5.82 Å². The Bertz CT molecular complexity index is 1130. The minimum Gasteiger partial charge on any atom is -0.490 e. The van der Waals surface area contributed by atoms with Gasteiger partial charge in [0, 0.05) is 13.5 Å². The van der Waals surface area contributed by atoms with E-state index in [-0.39, 0.29) is 29.9 Å². The first-order chi connectivity index (χ1) is 14.2. The van der Waals surface area contributed by atoms with E-state index in [0.29, 0.717) is 34.3 Å². The van der Waals surface area contributed by atoms with Crippen molar-refractivity contribution in [3.8, 4) is 16.9 Å². The number of halogens is 2. The summed E-state index contributed by atoms with van der Waals surface area (Å²) in [7, 11) is 1.58. The number of hydrogen-bond acceptors (Lipinski definition) is 4. The van der Waals surface area contributed by atoms with Gasteiger partial charge >= 0.3 is 0 Å². The lowest BCUT2D eigenvalue weighted by Crippen LogP contribution is -2.11. The summed E-state index contributed by atoms with van der Waals surface area (Å²) < 4.78 is 39.4. The Morgan fingerprint density at radius 3 is 2.53 bits per heavy atom. The summed E-state index contributed by atoms with van der Waals surface area (Å²) >= 11 is 0. The van der Waals surface area contributed by atoms with Crippen molar-refractivity contribution in [2.24, 2.45) is 0 Å². The van der Waals surface area contributed by atoms with Crippen molar-refractivity contribution in [2.75, 3.05) is 13.7 Å². The van der Waals surface area contributed by atoms with Crippen LogP contribution in [0.25, 0.3) is 22.0 Å². The second kappa shape index (κ2) is 8.92. The Hall–Kier alpha value is -2.80. The van der Waals surface area contributed by atoms with Crippen molar-refractivity contribution < 1.29 is 18.3 Å². The molecule has 0 spiro atoms. The number of hydrogen-bond donors (Lipinski definition) is 1. The van der Waals surface area contributed by atoms with Crippen LogP contribution in [-0.2, 0) is 4.74 Å². The lowest BCUT2D eigenvalue weighted by Gasteiger charge is -2.17. The normalized spacial score (nSPS) is 12.5. The number of aromatic amines is 1. The highest BCUT2D eigenvalue weighted by molar-refractivity contribution is 5.86. The molecular formula is C23H26F2N2O3. The standard InChI is InChI=1S/C23H26F2N2O3/c1-12(2)16-11-20-18(23(28)27-14(4)26-20)10-17(16)15-8-19(24)22(25)21(9-15)30-7-6-13(3)29-5/h8-13H,6-7H2,1-5H3,(H,26,27,28). The Balaban J connectivity index is 2.12. The van der Waals surface area contributed by atoms with Crippen molar-refractivity contribution in [2.45, 2.75) is 46.1 Å². The molecule has 0 fully saturated rings. The summed E-state index contributed by atoms with van der Waals surface area (Å²) in [6.07, 6.45) is 0.479. The highest BCUT2D eigenvalue weighted by atomic mass is 19.2. The molecule has 1 atom stereocenters. The number of methoxy groups -OCH3 is 1. The molecule has 0 radical (unpaired) electrons. The number of aryl methyl sites for hydroxylation is 1. The van der Waals surface area contributed by atoms with Crippen LogP contribution in [-0.4, -0.2) is 29.8 Å². The molecule has 3 aromatic rings. The second-order valence-electron chi connectivity index (χ2n) is 7.72. The van der Waals surface area contributed by atoms with Gasteiger partial charge < -0.3 is 14.5 Å². The Morgan fingerprint density at radius 2 is 1.87 bits per heavy atom. The van der Waals surface area contributed by atoms with E-state index in [1.54, 1.807) is 20.1 Å². The van der Waals surface area contributed by atoms with Crippen LogP contribution in [0.15, 0.2) is 29.1 Å². The molecule has 3 rings (SSSR count). The minimum absolute atomic E-state index is 0.0585. The van der Waals surface area contributed by atoms with Gasteiger partial charge in [0.2, 0.25) is 5.82 Å². The van der Waals surface area contributed by atoms with Crippen molar-refractivity contribution in [1.29, 1.82) is 0 Å². The number of nitrogens with one attached hydrogen (secondary N) is 1. The number of nitrogens with zero attached hydrogens (tertiary/aromatic N) is 1. The predicted octanol–water partition coefficient (Wildman–Crippen LogP) is 5.10. The van der Waals surface area contributed by atoms with Gasteiger partial charge in [0.05, 0.1) is 23.6 Å². The number of ether oxygens (including phenoxy) is 2. The van der Waals surface area contributed by atoms with Crippen LogP contribution >= 0.6 is 0 Å². The van der Waals surface area contributed by atoms with Gasteiger partial charge in [-0.3, -0.25) is 4.79 Å². The zero-order valence-electron chi connectivity index (χ0n) is 17.8. The van der Waals surface area contributed by atoms with Crippen LogP contribution < -0.4 is 10.3 Å². The third kappa shape index (κ3) is 4.51. The summed E-state index contributed by atoms with van der Waals surface area (Å²) in [5, 5.41) is 0.390.